The van der Waals surface area contributed by atoms with Crippen molar-refractivity contribution in [2.75, 3.05) is 5.32 Å². The Kier molecular flexibility index (Phi) is 2.53. The molecule has 1 aromatic heterocycles. The van der Waals surface area contributed by atoms with Crippen LogP contribution in [-0.4, -0.2) is 10.9 Å². The van der Waals surface area contributed by atoms with E-state index in [4.69, 9.17) is 0 Å². The number of halogens is 1. The number of hydrogen-bond acceptors (Lipinski definition) is 2. The number of carbonyl (C=O) groups excluding carboxylic acids is 1. The highest BCUT2D eigenvalue weighted by molar-refractivity contribution is 5.98. The Bertz CT molecular complexity index is 312. The summed E-state index contributed by atoms with van der Waals surface area (Å²) in [5.74, 6) is -0.857. The second kappa shape index (κ2) is 3.61. The van der Waals surface area contributed by atoms with Crippen molar-refractivity contribution >= 4 is 11.7 Å². The van der Waals surface area contributed by atoms with Gasteiger partial charge in [-0.3, -0.25) is 4.79 Å². The number of nitrogens with zero attached hydrogens (tertiary/aromatic N) is 1. The molecule has 0 saturated heterocycles. The lowest BCUT2D eigenvalue weighted by molar-refractivity contribution is -0.111. The lowest BCUT2D eigenvalue weighted by Gasteiger charge is -1.98. The van der Waals surface area contributed by atoms with E-state index in [0.717, 1.165) is 6.08 Å². The molecule has 62 valence electrons. The van der Waals surface area contributed by atoms with Crippen molar-refractivity contribution < 1.29 is 9.18 Å². The van der Waals surface area contributed by atoms with E-state index in [9.17, 15) is 9.18 Å². The van der Waals surface area contributed by atoms with E-state index in [2.05, 4.69) is 16.9 Å². The van der Waals surface area contributed by atoms with Crippen molar-refractivity contribution in [3.63, 3.8) is 0 Å². The molecule has 0 unspecified atom stereocenters. The molecule has 0 fully saturated rings. The van der Waals surface area contributed by atoms with Gasteiger partial charge in [-0.1, -0.05) is 12.6 Å². The molecule has 1 amide bonds. The minimum Gasteiger partial charge on any atom is -0.307 e. The summed E-state index contributed by atoms with van der Waals surface area (Å²) in [6, 6.07) is 4.15. The number of hydrogen-bond donors (Lipinski definition) is 1. The van der Waals surface area contributed by atoms with Crippen LogP contribution in [0.4, 0.5) is 10.2 Å². The Morgan fingerprint density at radius 2 is 2.42 bits per heavy atom. The first-order chi connectivity index (χ1) is 5.72. The minimum atomic E-state index is -0.628. The van der Waals surface area contributed by atoms with E-state index in [1.165, 1.54) is 18.2 Å². The molecule has 0 bridgehead atoms. The molecule has 0 aromatic carbocycles. The number of amides is 1. The normalized spacial score (nSPS) is 9.08. The highest BCUT2D eigenvalue weighted by atomic mass is 19.1. The summed E-state index contributed by atoms with van der Waals surface area (Å²) >= 11 is 0. The topological polar surface area (TPSA) is 42.0 Å². The van der Waals surface area contributed by atoms with Gasteiger partial charge in [0.05, 0.1) is 0 Å². The van der Waals surface area contributed by atoms with Crippen molar-refractivity contribution in [1.29, 1.82) is 0 Å². The van der Waals surface area contributed by atoms with Gasteiger partial charge in [-0.25, -0.2) is 4.98 Å². The summed E-state index contributed by atoms with van der Waals surface area (Å²) < 4.78 is 12.4. The number of aromatic nitrogens is 1. The molecular formula is C8H7FN2O. The third-order valence-corrected chi connectivity index (χ3v) is 1.15. The molecule has 3 nitrogen and oxygen atoms in total. The molecule has 0 saturated carbocycles. The highest BCUT2D eigenvalue weighted by Gasteiger charge is 1.98. The van der Waals surface area contributed by atoms with E-state index >= 15 is 0 Å². The third kappa shape index (κ3) is 2.16. The fourth-order valence-electron chi connectivity index (χ4n) is 0.655. The third-order valence-electron chi connectivity index (χ3n) is 1.15. The van der Waals surface area contributed by atoms with Crippen molar-refractivity contribution in [3.8, 4) is 0 Å². The van der Waals surface area contributed by atoms with Crippen LogP contribution in [0.15, 0.2) is 30.9 Å². The molecule has 4 heteroatoms. The maximum absolute atomic E-state index is 12.4. The molecule has 12 heavy (non-hydrogen) atoms. The highest BCUT2D eigenvalue weighted by Crippen LogP contribution is 2.02. The lowest BCUT2D eigenvalue weighted by atomic mass is 10.4. The minimum absolute atomic E-state index is 0.180. The maximum Gasteiger partial charge on any atom is 0.248 e. The second-order valence-electron chi connectivity index (χ2n) is 2.04. The van der Waals surface area contributed by atoms with Gasteiger partial charge < -0.3 is 5.32 Å². The summed E-state index contributed by atoms with van der Waals surface area (Å²) in [4.78, 5) is 14.1. The van der Waals surface area contributed by atoms with Gasteiger partial charge in [-0.15, -0.1) is 0 Å². The Hall–Kier alpha value is -1.71. The average molecular weight is 166 g/mol. The van der Waals surface area contributed by atoms with Crippen LogP contribution in [-0.2, 0) is 4.79 Å². The van der Waals surface area contributed by atoms with Crippen molar-refractivity contribution in [1.82, 2.24) is 4.98 Å². The SMILES string of the molecule is C=CC(=O)Nc1cccc(F)n1. The predicted molar refractivity (Wildman–Crippen MR) is 43.0 cm³/mol. The zero-order chi connectivity index (χ0) is 8.97. The first-order valence-electron chi connectivity index (χ1n) is 3.28. The Labute approximate surface area is 68.9 Å². The van der Waals surface area contributed by atoms with E-state index in [1.807, 2.05) is 0 Å². The molecule has 0 atom stereocenters. The molecular weight excluding hydrogens is 159 g/mol. The van der Waals surface area contributed by atoms with Gasteiger partial charge in [0, 0.05) is 0 Å². The van der Waals surface area contributed by atoms with E-state index in [0.29, 0.717) is 0 Å². The van der Waals surface area contributed by atoms with Gasteiger partial charge in [0.15, 0.2) is 0 Å². The van der Waals surface area contributed by atoms with Gasteiger partial charge in [0.2, 0.25) is 11.9 Å². The first kappa shape index (κ1) is 8.39. The smallest absolute Gasteiger partial charge is 0.248 e. The van der Waals surface area contributed by atoms with Gasteiger partial charge in [0.25, 0.3) is 0 Å². The first-order valence-corrected chi connectivity index (χ1v) is 3.28. The van der Waals surface area contributed by atoms with Crippen LogP contribution in [0.2, 0.25) is 0 Å². The van der Waals surface area contributed by atoms with Crippen LogP contribution >= 0.6 is 0 Å². The monoisotopic (exact) mass is 166 g/mol. The van der Waals surface area contributed by atoms with Crippen molar-refractivity contribution in [2.24, 2.45) is 0 Å². The molecule has 0 aliphatic rings. The summed E-state index contributed by atoms with van der Waals surface area (Å²) in [5.41, 5.74) is 0. The molecule has 1 rings (SSSR count). The Balaban J connectivity index is 2.76. The van der Waals surface area contributed by atoms with Crippen LogP contribution in [0.1, 0.15) is 0 Å². The Morgan fingerprint density at radius 3 is 3.00 bits per heavy atom. The Morgan fingerprint density at radius 1 is 1.67 bits per heavy atom. The molecule has 1 aromatic rings. The fourth-order valence-corrected chi connectivity index (χ4v) is 0.655. The number of rotatable bonds is 2. The quantitative estimate of drug-likeness (QED) is 0.532. The van der Waals surface area contributed by atoms with Gasteiger partial charge in [-0.05, 0) is 18.2 Å². The number of carbonyl (C=O) groups is 1. The molecule has 1 N–H and O–H groups in total. The molecule has 0 aliphatic carbocycles. The summed E-state index contributed by atoms with van der Waals surface area (Å²) in [5, 5.41) is 2.32. The van der Waals surface area contributed by atoms with Crippen LogP contribution in [0.3, 0.4) is 0 Å². The summed E-state index contributed by atoms with van der Waals surface area (Å²) in [7, 11) is 0. The largest absolute Gasteiger partial charge is 0.307 e. The van der Waals surface area contributed by atoms with Crippen molar-refractivity contribution in [3.05, 3.63) is 36.8 Å². The average Bonchev–Trinajstić information content (AvgIpc) is 2.04. The van der Waals surface area contributed by atoms with E-state index < -0.39 is 11.9 Å². The van der Waals surface area contributed by atoms with Gasteiger partial charge in [0.1, 0.15) is 5.82 Å². The summed E-state index contributed by atoms with van der Waals surface area (Å²) in [6.45, 7) is 3.25. The van der Waals surface area contributed by atoms with Crippen LogP contribution in [0.25, 0.3) is 0 Å². The van der Waals surface area contributed by atoms with Crippen LogP contribution in [0.5, 0.6) is 0 Å². The standard InChI is InChI=1S/C8H7FN2O/c1-2-8(12)11-7-5-3-4-6(9)10-7/h2-5H,1H2,(H,10,11,12). The zero-order valence-corrected chi connectivity index (χ0v) is 6.25. The fraction of sp³-hybridized carbons (Fsp3) is 0. The lowest BCUT2D eigenvalue weighted by Crippen LogP contribution is -2.08. The van der Waals surface area contributed by atoms with E-state index in [-0.39, 0.29) is 5.82 Å². The van der Waals surface area contributed by atoms with Crippen molar-refractivity contribution in [2.45, 2.75) is 0 Å². The van der Waals surface area contributed by atoms with Crippen LogP contribution in [0, 0.1) is 5.95 Å². The summed E-state index contributed by atoms with van der Waals surface area (Å²) in [6.07, 6.45) is 1.09. The van der Waals surface area contributed by atoms with Crippen LogP contribution < -0.4 is 5.32 Å². The molecule has 0 radical (unpaired) electrons. The predicted octanol–water partition coefficient (Wildman–Crippen LogP) is 1.35. The molecule has 0 aliphatic heterocycles. The second-order valence-corrected chi connectivity index (χ2v) is 2.04. The number of anilines is 1. The number of nitrogens with one attached hydrogen (secondary N) is 1. The van der Waals surface area contributed by atoms with Gasteiger partial charge >= 0.3 is 0 Å². The maximum atomic E-state index is 12.4. The zero-order valence-electron chi connectivity index (χ0n) is 6.25. The molecule has 1 heterocycles. The van der Waals surface area contributed by atoms with E-state index in [1.54, 1.807) is 0 Å². The number of pyridine rings is 1. The molecule has 0 spiro atoms. The van der Waals surface area contributed by atoms with Gasteiger partial charge in [-0.2, -0.15) is 4.39 Å².